The van der Waals surface area contributed by atoms with Gasteiger partial charge in [0.05, 0.1) is 5.69 Å². The Hall–Kier alpha value is -7.36. The molecule has 0 fully saturated rings. The summed E-state index contributed by atoms with van der Waals surface area (Å²) in [5.41, 5.74) is 16.6. The van der Waals surface area contributed by atoms with Crippen molar-refractivity contribution in [2.24, 2.45) is 0 Å². The molecule has 3 nitrogen and oxygen atoms in total. The van der Waals surface area contributed by atoms with E-state index in [1.807, 2.05) is 12.1 Å². The Morgan fingerprint density at radius 2 is 1.02 bits per heavy atom. The van der Waals surface area contributed by atoms with Crippen molar-refractivity contribution in [1.82, 2.24) is 0 Å². The summed E-state index contributed by atoms with van der Waals surface area (Å²) in [6, 6.07) is 67.8. The average molecular weight is 744 g/mol. The number of fused-ring (bicyclic) bond motifs is 11. The van der Waals surface area contributed by atoms with E-state index in [-0.39, 0.29) is 5.41 Å². The fourth-order valence-corrected chi connectivity index (χ4v) is 9.61. The highest BCUT2D eigenvalue weighted by Crippen LogP contribution is 2.51. The number of rotatable bonds is 5. The van der Waals surface area contributed by atoms with Gasteiger partial charge >= 0.3 is 0 Å². The van der Waals surface area contributed by atoms with Gasteiger partial charge in [0.1, 0.15) is 22.3 Å². The van der Waals surface area contributed by atoms with Crippen LogP contribution in [0.2, 0.25) is 0 Å². The number of hydrogen-bond acceptors (Lipinski definition) is 3. The summed E-state index contributed by atoms with van der Waals surface area (Å²) >= 11 is 0. The smallest absolute Gasteiger partial charge is 0.143 e. The zero-order chi connectivity index (χ0) is 38.5. The maximum absolute atomic E-state index is 6.54. The Labute approximate surface area is 336 Å². The van der Waals surface area contributed by atoms with Crippen LogP contribution >= 0.6 is 0 Å². The third-order valence-corrected chi connectivity index (χ3v) is 12.5. The van der Waals surface area contributed by atoms with Crippen LogP contribution in [0.5, 0.6) is 0 Å². The summed E-state index contributed by atoms with van der Waals surface area (Å²) in [6.07, 6.45) is 0. The molecule has 0 bridgehead atoms. The van der Waals surface area contributed by atoms with Gasteiger partial charge in [-0.05, 0) is 93.4 Å². The van der Waals surface area contributed by atoms with Gasteiger partial charge in [-0.2, -0.15) is 0 Å². The largest absolute Gasteiger partial charge is 0.455 e. The maximum atomic E-state index is 6.54. The van der Waals surface area contributed by atoms with Gasteiger partial charge in [-0.15, -0.1) is 0 Å². The summed E-state index contributed by atoms with van der Waals surface area (Å²) in [7, 11) is 0. The Morgan fingerprint density at radius 1 is 0.379 bits per heavy atom. The standard InChI is InChI=1S/C55H37NO2/c1-55(2)48-19-8-5-15-42(48)43-30-28-38(33-49(43)55)56(37-26-22-35(23-27-37)41-17-11-18-45-44-16-7-10-21-51(44)57-53(41)45)50-20-9-6-13-39(50)36-25-31-52-47(32-36)46-29-24-34-12-3-4-14-40(34)54(46)58-52/h3-33H,1-2H3. The van der Waals surface area contributed by atoms with Crippen LogP contribution in [0.3, 0.4) is 0 Å². The second-order valence-corrected chi connectivity index (χ2v) is 16.1. The van der Waals surface area contributed by atoms with Crippen molar-refractivity contribution < 1.29 is 8.83 Å². The normalized spacial score (nSPS) is 13.1. The van der Waals surface area contributed by atoms with Crippen LogP contribution in [-0.2, 0) is 5.41 Å². The molecule has 11 aromatic rings. The molecule has 0 amide bonds. The predicted octanol–water partition coefficient (Wildman–Crippen LogP) is 15.7. The van der Waals surface area contributed by atoms with Gasteiger partial charge in [-0.3, -0.25) is 0 Å². The first kappa shape index (κ1) is 32.8. The number of hydrogen-bond donors (Lipinski definition) is 0. The lowest BCUT2D eigenvalue weighted by Crippen LogP contribution is -2.16. The Balaban J connectivity index is 1.04. The van der Waals surface area contributed by atoms with Crippen LogP contribution in [0.25, 0.3) is 88.0 Å². The molecule has 0 saturated carbocycles. The first-order chi connectivity index (χ1) is 28.5. The minimum Gasteiger partial charge on any atom is -0.455 e. The van der Waals surface area contributed by atoms with Crippen LogP contribution in [-0.4, -0.2) is 0 Å². The Kier molecular flexibility index (Phi) is 6.98. The highest BCUT2D eigenvalue weighted by Gasteiger charge is 2.36. The van der Waals surface area contributed by atoms with Crippen molar-refractivity contribution in [1.29, 1.82) is 0 Å². The molecule has 9 aromatic carbocycles. The highest BCUT2D eigenvalue weighted by atomic mass is 16.3. The van der Waals surface area contributed by atoms with Gasteiger partial charge in [0.2, 0.25) is 0 Å². The molecule has 3 heteroatoms. The summed E-state index contributed by atoms with van der Waals surface area (Å²) in [4.78, 5) is 2.42. The second-order valence-electron chi connectivity index (χ2n) is 16.1. The molecule has 0 saturated heterocycles. The van der Waals surface area contributed by atoms with E-state index in [9.17, 15) is 0 Å². The van der Waals surface area contributed by atoms with Crippen LogP contribution in [0.4, 0.5) is 17.1 Å². The van der Waals surface area contributed by atoms with Crippen LogP contribution in [0.15, 0.2) is 197 Å². The first-order valence-electron chi connectivity index (χ1n) is 20.0. The van der Waals surface area contributed by atoms with E-state index in [0.29, 0.717) is 0 Å². The summed E-state index contributed by atoms with van der Waals surface area (Å²) in [6.45, 7) is 4.70. The van der Waals surface area contributed by atoms with Crippen molar-refractivity contribution >= 4 is 71.7 Å². The molecule has 0 unspecified atom stereocenters. The molecule has 0 atom stereocenters. The van der Waals surface area contributed by atoms with Crippen molar-refractivity contribution in [3.05, 3.63) is 199 Å². The SMILES string of the molecule is CC1(C)c2ccccc2-c2ccc(N(c3ccc(-c4cccc5c4oc4ccccc45)cc3)c3ccccc3-c3ccc4oc5c6ccccc6ccc5c4c3)cc21. The predicted molar refractivity (Wildman–Crippen MR) is 242 cm³/mol. The molecular formula is C55H37NO2. The van der Waals surface area contributed by atoms with Gasteiger partial charge < -0.3 is 13.7 Å². The topological polar surface area (TPSA) is 29.5 Å². The van der Waals surface area contributed by atoms with Crippen molar-refractivity contribution in [2.45, 2.75) is 19.3 Å². The average Bonchev–Trinajstić information content (AvgIpc) is 3.92. The Morgan fingerprint density at radius 3 is 1.91 bits per heavy atom. The van der Waals surface area contributed by atoms with Gasteiger partial charge in [0.25, 0.3) is 0 Å². The number of benzene rings is 9. The fourth-order valence-electron chi connectivity index (χ4n) is 9.61. The van der Waals surface area contributed by atoms with Crippen molar-refractivity contribution in [2.75, 3.05) is 4.90 Å². The molecule has 58 heavy (non-hydrogen) atoms. The molecule has 0 spiro atoms. The van der Waals surface area contributed by atoms with E-state index >= 15 is 0 Å². The molecule has 0 aliphatic heterocycles. The maximum Gasteiger partial charge on any atom is 0.143 e. The molecule has 0 N–H and O–H groups in total. The molecule has 1 aliphatic rings. The number of para-hydroxylation sites is 3. The van der Waals surface area contributed by atoms with E-state index in [2.05, 4.69) is 195 Å². The minimum atomic E-state index is -0.139. The molecule has 1 aliphatic carbocycles. The monoisotopic (exact) mass is 743 g/mol. The van der Waals surface area contributed by atoms with Gasteiger partial charge in [-0.25, -0.2) is 0 Å². The molecule has 2 aromatic heterocycles. The van der Waals surface area contributed by atoms with Crippen LogP contribution < -0.4 is 4.90 Å². The van der Waals surface area contributed by atoms with E-state index in [1.165, 1.54) is 27.6 Å². The van der Waals surface area contributed by atoms with E-state index < -0.39 is 0 Å². The highest BCUT2D eigenvalue weighted by molar-refractivity contribution is 6.16. The van der Waals surface area contributed by atoms with Gasteiger partial charge in [-0.1, -0.05) is 147 Å². The lowest BCUT2D eigenvalue weighted by atomic mass is 9.82. The molecule has 274 valence electrons. The lowest BCUT2D eigenvalue weighted by molar-refractivity contribution is 0.660. The van der Waals surface area contributed by atoms with Crippen LogP contribution in [0, 0.1) is 0 Å². The molecule has 12 rings (SSSR count). The summed E-state index contributed by atoms with van der Waals surface area (Å²) in [5, 5.41) is 6.81. The third kappa shape index (κ3) is 4.80. The molecular weight excluding hydrogens is 707 g/mol. The zero-order valence-electron chi connectivity index (χ0n) is 32.2. The molecule has 0 radical (unpaired) electrons. The minimum absolute atomic E-state index is 0.139. The first-order valence-corrected chi connectivity index (χ1v) is 20.0. The summed E-state index contributed by atoms with van der Waals surface area (Å²) < 4.78 is 13.0. The van der Waals surface area contributed by atoms with E-state index in [0.717, 1.165) is 88.6 Å². The number of anilines is 3. The lowest BCUT2D eigenvalue weighted by Gasteiger charge is -2.30. The fraction of sp³-hybridized carbons (Fsp3) is 0.0545. The van der Waals surface area contributed by atoms with Gasteiger partial charge in [0, 0.05) is 54.8 Å². The van der Waals surface area contributed by atoms with Crippen LogP contribution in [0.1, 0.15) is 25.0 Å². The van der Waals surface area contributed by atoms with Crippen molar-refractivity contribution in [3.63, 3.8) is 0 Å². The zero-order valence-corrected chi connectivity index (χ0v) is 32.2. The summed E-state index contributed by atoms with van der Waals surface area (Å²) in [5.74, 6) is 0. The second kappa shape index (κ2) is 12.3. The molecule has 2 heterocycles. The number of nitrogens with zero attached hydrogens (tertiary/aromatic N) is 1. The third-order valence-electron chi connectivity index (χ3n) is 12.5. The van der Waals surface area contributed by atoms with E-state index in [4.69, 9.17) is 8.83 Å². The Bertz CT molecular complexity index is 3440. The van der Waals surface area contributed by atoms with Crippen molar-refractivity contribution in [3.8, 4) is 33.4 Å². The van der Waals surface area contributed by atoms with Gasteiger partial charge in [0.15, 0.2) is 0 Å². The van der Waals surface area contributed by atoms with E-state index in [1.54, 1.807) is 0 Å². The quantitative estimate of drug-likeness (QED) is 0.176. The number of furan rings is 2.